The molecule has 0 fully saturated rings. The largest absolute Gasteiger partial charge is 0.412 e. The minimum Gasteiger partial charge on any atom is -0.412 e. The van der Waals surface area contributed by atoms with Crippen molar-refractivity contribution in [3.63, 3.8) is 0 Å². The molecule has 28 heavy (non-hydrogen) atoms. The Morgan fingerprint density at radius 2 is 1.46 bits per heavy atom. The van der Waals surface area contributed by atoms with E-state index in [2.05, 4.69) is 0 Å². The van der Waals surface area contributed by atoms with Gasteiger partial charge >= 0.3 is 0 Å². The molecule has 0 amide bonds. The van der Waals surface area contributed by atoms with E-state index in [0.29, 0.717) is 11.4 Å². The predicted molar refractivity (Wildman–Crippen MR) is 114 cm³/mol. The van der Waals surface area contributed by atoms with Crippen LogP contribution in [0.25, 0.3) is 16.9 Å². The number of hydrogen-bond acceptors (Lipinski definition) is 3. The number of nitrogens with two attached hydrogens (primary N) is 1. The molecule has 0 aliphatic carbocycles. The molecule has 3 aromatic carbocycles. The van der Waals surface area contributed by atoms with Gasteiger partial charge in [0.05, 0.1) is 33.6 Å². The highest BCUT2D eigenvalue weighted by Gasteiger charge is 2.14. The van der Waals surface area contributed by atoms with Gasteiger partial charge in [-0.3, -0.25) is 4.21 Å². The summed E-state index contributed by atoms with van der Waals surface area (Å²) in [5.41, 5.74) is 10.1. The van der Waals surface area contributed by atoms with Crippen molar-refractivity contribution in [2.24, 2.45) is 0 Å². The molecule has 0 aliphatic heterocycles. The van der Waals surface area contributed by atoms with Crippen LogP contribution >= 0.6 is 0 Å². The molecule has 5 nitrogen and oxygen atoms in total. The number of para-hydroxylation sites is 1. The van der Waals surface area contributed by atoms with Crippen LogP contribution in [0.1, 0.15) is 5.69 Å². The van der Waals surface area contributed by atoms with Gasteiger partial charge in [0.2, 0.25) is 0 Å². The Morgan fingerprint density at radius 1 is 0.857 bits per heavy atom. The van der Waals surface area contributed by atoms with Crippen LogP contribution in [-0.4, -0.2) is 19.5 Å². The summed E-state index contributed by atoms with van der Waals surface area (Å²) in [5.74, 6) is 0.374. The first kappa shape index (κ1) is 19.5. The van der Waals surface area contributed by atoms with Crippen molar-refractivity contribution in [1.29, 1.82) is 0 Å². The van der Waals surface area contributed by atoms with E-state index in [0.717, 1.165) is 27.5 Å². The summed E-state index contributed by atoms with van der Waals surface area (Å²) in [7, 11) is -1.19. The van der Waals surface area contributed by atoms with Gasteiger partial charge in [-0.05, 0) is 42.5 Å². The second kappa shape index (κ2) is 8.65. The third-order valence-corrected chi connectivity index (χ3v) is 5.63. The molecule has 4 aromatic rings. The van der Waals surface area contributed by atoms with Crippen LogP contribution in [0.3, 0.4) is 0 Å². The van der Waals surface area contributed by atoms with E-state index in [1.54, 1.807) is 12.1 Å². The molecule has 0 bridgehead atoms. The zero-order chi connectivity index (χ0) is 18.6. The summed E-state index contributed by atoms with van der Waals surface area (Å²) in [5, 5.41) is 4.77. The maximum Gasteiger partial charge on any atom is 0.0930 e. The lowest BCUT2D eigenvalue weighted by Crippen LogP contribution is -2.05. The average molecular weight is 391 g/mol. The van der Waals surface area contributed by atoms with E-state index in [1.165, 1.54) is 0 Å². The van der Waals surface area contributed by atoms with E-state index in [1.807, 2.05) is 83.5 Å². The number of nitrogen functional groups attached to an aromatic ring is 1. The second-order valence-corrected chi connectivity index (χ2v) is 7.64. The Labute approximate surface area is 166 Å². The molecular formula is C22H21N3O2S. The molecule has 4 rings (SSSR count). The van der Waals surface area contributed by atoms with E-state index < -0.39 is 10.8 Å². The number of rotatable bonds is 5. The SMILES string of the molecule is Nc1ccc(S(=O)Cc2cc(-c3ccccc3)nn2-c2ccccc2)cc1.O. The van der Waals surface area contributed by atoms with Crippen molar-refractivity contribution < 1.29 is 9.69 Å². The van der Waals surface area contributed by atoms with Crippen LogP contribution < -0.4 is 5.73 Å². The lowest BCUT2D eigenvalue weighted by molar-refractivity contribution is 0.680. The third-order valence-electron chi connectivity index (χ3n) is 4.28. The Morgan fingerprint density at radius 3 is 2.11 bits per heavy atom. The van der Waals surface area contributed by atoms with E-state index in [4.69, 9.17) is 10.8 Å². The highest BCUT2D eigenvalue weighted by Crippen LogP contribution is 2.24. The molecule has 0 saturated heterocycles. The topological polar surface area (TPSA) is 92.4 Å². The van der Waals surface area contributed by atoms with Crippen LogP contribution in [-0.2, 0) is 16.6 Å². The molecule has 1 atom stereocenters. The minimum absolute atomic E-state index is 0. The number of benzene rings is 3. The van der Waals surface area contributed by atoms with Crippen molar-refractivity contribution in [2.45, 2.75) is 10.6 Å². The van der Waals surface area contributed by atoms with Gasteiger partial charge in [-0.1, -0.05) is 48.5 Å². The molecule has 142 valence electrons. The van der Waals surface area contributed by atoms with Crippen LogP contribution in [0.2, 0.25) is 0 Å². The third kappa shape index (κ3) is 4.19. The Hall–Kier alpha value is -3.22. The second-order valence-electron chi connectivity index (χ2n) is 6.19. The summed E-state index contributed by atoms with van der Waals surface area (Å²) in [6, 6.07) is 29.1. The molecule has 0 radical (unpaired) electrons. The number of hydrogen-bond donors (Lipinski definition) is 1. The Kier molecular flexibility index (Phi) is 6.03. The van der Waals surface area contributed by atoms with Gasteiger partial charge in [0.25, 0.3) is 0 Å². The van der Waals surface area contributed by atoms with E-state index in [9.17, 15) is 4.21 Å². The maximum absolute atomic E-state index is 12.9. The van der Waals surface area contributed by atoms with Crippen molar-refractivity contribution >= 4 is 16.5 Å². The molecule has 4 N–H and O–H groups in total. The Bertz CT molecular complexity index is 1060. The van der Waals surface area contributed by atoms with Gasteiger partial charge in [0.15, 0.2) is 0 Å². The molecule has 0 saturated carbocycles. The minimum atomic E-state index is -1.19. The number of nitrogens with zero attached hydrogens (tertiary/aromatic N) is 2. The van der Waals surface area contributed by atoms with Crippen molar-refractivity contribution in [3.05, 3.63) is 96.7 Å². The van der Waals surface area contributed by atoms with Crippen LogP contribution in [0.15, 0.2) is 95.9 Å². The van der Waals surface area contributed by atoms with Crippen LogP contribution in [0.5, 0.6) is 0 Å². The standard InChI is InChI=1S/C22H19N3OS.H2O/c23-18-11-13-21(14-12-18)27(26)16-20-15-22(17-7-3-1-4-8-17)24-25(20)19-9-5-2-6-10-19;/h1-15H,16,23H2;1H2. The van der Waals surface area contributed by atoms with Gasteiger partial charge in [0.1, 0.15) is 0 Å². The van der Waals surface area contributed by atoms with Crippen LogP contribution in [0.4, 0.5) is 5.69 Å². The first-order valence-corrected chi connectivity index (χ1v) is 9.96. The molecule has 1 unspecified atom stereocenters. The van der Waals surface area contributed by atoms with E-state index in [-0.39, 0.29) is 5.48 Å². The molecule has 1 aromatic heterocycles. The summed E-state index contributed by atoms with van der Waals surface area (Å²) in [4.78, 5) is 0.756. The zero-order valence-corrected chi connectivity index (χ0v) is 16.0. The zero-order valence-electron chi connectivity index (χ0n) is 15.2. The summed E-state index contributed by atoms with van der Waals surface area (Å²) < 4.78 is 14.8. The predicted octanol–water partition coefficient (Wildman–Crippen LogP) is 3.60. The summed E-state index contributed by atoms with van der Waals surface area (Å²) >= 11 is 0. The smallest absolute Gasteiger partial charge is 0.0930 e. The Balaban J connectivity index is 0.00000225. The summed E-state index contributed by atoms with van der Waals surface area (Å²) in [6.45, 7) is 0. The fraction of sp³-hybridized carbons (Fsp3) is 0.0455. The molecular weight excluding hydrogens is 370 g/mol. The van der Waals surface area contributed by atoms with Crippen LogP contribution in [0, 0.1) is 0 Å². The van der Waals surface area contributed by atoms with Gasteiger partial charge in [-0.2, -0.15) is 5.10 Å². The normalized spacial score (nSPS) is 11.6. The van der Waals surface area contributed by atoms with E-state index >= 15 is 0 Å². The van der Waals surface area contributed by atoms with Gasteiger partial charge < -0.3 is 11.2 Å². The average Bonchev–Trinajstić information content (AvgIpc) is 3.13. The monoisotopic (exact) mass is 391 g/mol. The van der Waals surface area contributed by atoms with Crippen molar-refractivity contribution in [3.8, 4) is 16.9 Å². The number of anilines is 1. The highest BCUT2D eigenvalue weighted by molar-refractivity contribution is 7.84. The highest BCUT2D eigenvalue weighted by atomic mass is 32.2. The lowest BCUT2D eigenvalue weighted by Gasteiger charge is -2.07. The fourth-order valence-electron chi connectivity index (χ4n) is 2.90. The van der Waals surface area contributed by atoms with Crippen molar-refractivity contribution in [2.75, 3.05) is 5.73 Å². The fourth-order valence-corrected chi connectivity index (χ4v) is 3.98. The summed E-state index contributed by atoms with van der Waals surface area (Å²) in [6.07, 6.45) is 0. The molecule has 6 heteroatoms. The maximum atomic E-state index is 12.9. The molecule has 1 heterocycles. The first-order chi connectivity index (χ1) is 13.2. The quantitative estimate of drug-likeness (QED) is 0.527. The number of aromatic nitrogens is 2. The lowest BCUT2D eigenvalue weighted by atomic mass is 10.1. The van der Waals surface area contributed by atoms with Gasteiger partial charge in [0, 0.05) is 16.1 Å². The van der Waals surface area contributed by atoms with Crippen molar-refractivity contribution in [1.82, 2.24) is 9.78 Å². The molecule has 0 spiro atoms. The van der Waals surface area contributed by atoms with Gasteiger partial charge in [-0.15, -0.1) is 0 Å². The molecule has 0 aliphatic rings. The van der Waals surface area contributed by atoms with Gasteiger partial charge in [-0.25, -0.2) is 4.68 Å². The first-order valence-electron chi connectivity index (χ1n) is 8.64.